The van der Waals surface area contributed by atoms with Crippen molar-refractivity contribution in [2.75, 3.05) is 42.5 Å². The highest BCUT2D eigenvalue weighted by Gasteiger charge is 2.22. The van der Waals surface area contributed by atoms with Crippen molar-refractivity contribution in [1.82, 2.24) is 10.2 Å². The number of hydrogen-bond donors (Lipinski definition) is 1. The highest BCUT2D eigenvalue weighted by Crippen LogP contribution is 2.22. The van der Waals surface area contributed by atoms with Gasteiger partial charge in [0.25, 0.3) is 5.91 Å². The average Bonchev–Trinajstić information content (AvgIpc) is 3.24. The number of nitrogens with zero attached hydrogens (tertiary/aromatic N) is 3. The van der Waals surface area contributed by atoms with Crippen LogP contribution >= 0.6 is 0 Å². The van der Waals surface area contributed by atoms with Crippen LogP contribution in [0.4, 0.5) is 11.4 Å². The molecule has 7 nitrogen and oxygen atoms in total. The molecule has 2 aromatic carbocycles. The third-order valence-corrected chi connectivity index (χ3v) is 5.99. The molecule has 0 saturated carbocycles. The number of benzene rings is 2. The van der Waals surface area contributed by atoms with E-state index in [4.69, 9.17) is 0 Å². The summed E-state index contributed by atoms with van der Waals surface area (Å²) in [5.74, 6) is 0.134. The Labute approximate surface area is 182 Å². The van der Waals surface area contributed by atoms with Crippen LogP contribution in [-0.2, 0) is 16.1 Å². The lowest BCUT2D eigenvalue weighted by Crippen LogP contribution is -2.48. The zero-order valence-electron chi connectivity index (χ0n) is 17.8. The van der Waals surface area contributed by atoms with Gasteiger partial charge in [-0.3, -0.25) is 14.4 Å². The molecule has 3 amide bonds. The zero-order valence-corrected chi connectivity index (χ0v) is 17.8. The summed E-state index contributed by atoms with van der Waals surface area (Å²) in [6, 6.07) is 15.4. The van der Waals surface area contributed by atoms with Crippen molar-refractivity contribution in [2.45, 2.75) is 26.3 Å². The molecule has 0 atom stereocenters. The number of amides is 3. The Hall–Kier alpha value is -3.35. The summed E-state index contributed by atoms with van der Waals surface area (Å²) in [5.41, 5.74) is 3.58. The van der Waals surface area contributed by atoms with Crippen LogP contribution in [0.25, 0.3) is 0 Å². The first-order valence-electron chi connectivity index (χ1n) is 10.8. The van der Waals surface area contributed by atoms with Crippen LogP contribution in [0.1, 0.15) is 35.7 Å². The number of hydrogen-bond acceptors (Lipinski definition) is 4. The fourth-order valence-electron chi connectivity index (χ4n) is 4.10. The number of carbonyl (C=O) groups is 3. The van der Waals surface area contributed by atoms with E-state index in [9.17, 15) is 14.4 Å². The molecule has 7 heteroatoms. The van der Waals surface area contributed by atoms with E-state index < -0.39 is 0 Å². The average molecular weight is 421 g/mol. The number of nitrogens with one attached hydrogen (secondary N) is 1. The van der Waals surface area contributed by atoms with Crippen molar-refractivity contribution in [2.24, 2.45) is 0 Å². The molecule has 31 heavy (non-hydrogen) atoms. The first-order chi connectivity index (χ1) is 15.0. The van der Waals surface area contributed by atoms with E-state index in [1.165, 1.54) is 0 Å². The van der Waals surface area contributed by atoms with Gasteiger partial charge >= 0.3 is 0 Å². The predicted molar refractivity (Wildman–Crippen MR) is 120 cm³/mol. The van der Waals surface area contributed by atoms with Crippen LogP contribution in [0.2, 0.25) is 0 Å². The highest BCUT2D eigenvalue weighted by atomic mass is 16.2. The van der Waals surface area contributed by atoms with Crippen LogP contribution in [0, 0.1) is 0 Å². The van der Waals surface area contributed by atoms with Gasteiger partial charge in [-0.1, -0.05) is 12.1 Å². The minimum Gasteiger partial charge on any atom is -0.368 e. The van der Waals surface area contributed by atoms with E-state index in [0.29, 0.717) is 18.5 Å². The Morgan fingerprint density at radius 3 is 2.10 bits per heavy atom. The third-order valence-electron chi connectivity index (χ3n) is 5.99. The molecule has 2 fully saturated rings. The van der Waals surface area contributed by atoms with E-state index >= 15 is 0 Å². The van der Waals surface area contributed by atoms with Gasteiger partial charge in [0.15, 0.2) is 0 Å². The van der Waals surface area contributed by atoms with Crippen LogP contribution in [0.15, 0.2) is 48.5 Å². The fraction of sp³-hybridized carbons (Fsp3) is 0.375. The van der Waals surface area contributed by atoms with Crippen molar-refractivity contribution < 1.29 is 14.4 Å². The molecule has 0 radical (unpaired) electrons. The summed E-state index contributed by atoms with van der Waals surface area (Å²) < 4.78 is 0. The summed E-state index contributed by atoms with van der Waals surface area (Å²) in [6.45, 7) is 5.96. The normalized spacial score (nSPS) is 16.5. The molecule has 0 bridgehead atoms. The number of carbonyl (C=O) groups excluding carboxylic acids is 3. The SMILES string of the molecule is CC(=O)N1CCN(c2ccc(CNC(=O)c3ccc(N4CCCC4=O)cc3)cc2)CC1. The van der Waals surface area contributed by atoms with E-state index in [2.05, 4.69) is 22.3 Å². The zero-order chi connectivity index (χ0) is 21.8. The smallest absolute Gasteiger partial charge is 0.251 e. The lowest BCUT2D eigenvalue weighted by molar-refractivity contribution is -0.129. The van der Waals surface area contributed by atoms with Crippen LogP contribution in [0.3, 0.4) is 0 Å². The van der Waals surface area contributed by atoms with E-state index in [1.54, 1.807) is 24.0 Å². The van der Waals surface area contributed by atoms with E-state index in [-0.39, 0.29) is 17.7 Å². The van der Waals surface area contributed by atoms with Crippen molar-refractivity contribution in [3.8, 4) is 0 Å². The lowest BCUT2D eigenvalue weighted by atomic mass is 10.1. The summed E-state index contributed by atoms with van der Waals surface area (Å²) in [7, 11) is 0. The highest BCUT2D eigenvalue weighted by molar-refractivity contribution is 5.97. The molecule has 0 aromatic heterocycles. The molecule has 2 aromatic rings. The Balaban J connectivity index is 1.28. The first kappa shape index (κ1) is 20.9. The van der Waals surface area contributed by atoms with Gasteiger partial charge in [-0.05, 0) is 48.4 Å². The second-order valence-corrected chi connectivity index (χ2v) is 8.04. The van der Waals surface area contributed by atoms with E-state index in [0.717, 1.165) is 56.1 Å². The van der Waals surface area contributed by atoms with Crippen molar-refractivity contribution in [3.05, 3.63) is 59.7 Å². The van der Waals surface area contributed by atoms with Gasteiger partial charge < -0.3 is 20.0 Å². The van der Waals surface area contributed by atoms with Gasteiger partial charge in [0.2, 0.25) is 11.8 Å². The van der Waals surface area contributed by atoms with Crippen molar-refractivity contribution in [1.29, 1.82) is 0 Å². The second kappa shape index (κ2) is 9.20. The molecule has 0 spiro atoms. The monoisotopic (exact) mass is 420 g/mol. The molecule has 1 N–H and O–H groups in total. The van der Waals surface area contributed by atoms with Gasteiger partial charge in [0, 0.05) is 69.6 Å². The standard InChI is InChI=1S/C24H28N4O3/c1-18(29)26-13-15-27(16-14-26)21-8-4-19(5-9-21)17-25-24(31)20-6-10-22(11-7-20)28-12-2-3-23(28)30/h4-11H,2-3,12-17H2,1H3,(H,25,31). The molecule has 2 heterocycles. The Bertz CT molecular complexity index is 948. The van der Waals surface area contributed by atoms with Gasteiger partial charge in [-0.25, -0.2) is 0 Å². The largest absolute Gasteiger partial charge is 0.368 e. The minimum atomic E-state index is -0.135. The number of rotatable bonds is 5. The number of anilines is 2. The second-order valence-electron chi connectivity index (χ2n) is 8.04. The van der Waals surface area contributed by atoms with Crippen LogP contribution in [0.5, 0.6) is 0 Å². The summed E-state index contributed by atoms with van der Waals surface area (Å²) in [5, 5.41) is 2.95. The molecule has 0 aliphatic carbocycles. The molecular formula is C24H28N4O3. The molecule has 4 rings (SSSR count). The van der Waals surface area contributed by atoms with Crippen molar-refractivity contribution in [3.63, 3.8) is 0 Å². The Morgan fingerprint density at radius 1 is 0.871 bits per heavy atom. The maximum absolute atomic E-state index is 12.5. The van der Waals surface area contributed by atoms with Gasteiger partial charge in [-0.2, -0.15) is 0 Å². The molecule has 162 valence electrons. The molecule has 2 aliphatic heterocycles. The quantitative estimate of drug-likeness (QED) is 0.806. The summed E-state index contributed by atoms with van der Waals surface area (Å²) in [4.78, 5) is 41.7. The maximum Gasteiger partial charge on any atom is 0.251 e. The van der Waals surface area contributed by atoms with E-state index in [1.807, 2.05) is 29.2 Å². The maximum atomic E-state index is 12.5. The Kier molecular flexibility index (Phi) is 6.21. The molecule has 2 saturated heterocycles. The predicted octanol–water partition coefficient (Wildman–Crippen LogP) is 2.41. The lowest BCUT2D eigenvalue weighted by Gasteiger charge is -2.35. The summed E-state index contributed by atoms with van der Waals surface area (Å²) >= 11 is 0. The first-order valence-corrected chi connectivity index (χ1v) is 10.8. The topological polar surface area (TPSA) is 73.0 Å². The summed E-state index contributed by atoms with van der Waals surface area (Å²) in [6.07, 6.45) is 1.48. The number of piperazine rings is 1. The third kappa shape index (κ3) is 4.87. The molecule has 0 unspecified atom stereocenters. The van der Waals surface area contributed by atoms with Gasteiger partial charge in [0.1, 0.15) is 0 Å². The Morgan fingerprint density at radius 2 is 1.52 bits per heavy atom. The van der Waals surface area contributed by atoms with Gasteiger partial charge in [-0.15, -0.1) is 0 Å². The van der Waals surface area contributed by atoms with Crippen LogP contribution < -0.4 is 15.1 Å². The molecule has 2 aliphatic rings. The van der Waals surface area contributed by atoms with Crippen LogP contribution in [-0.4, -0.2) is 55.3 Å². The fourth-order valence-corrected chi connectivity index (χ4v) is 4.10. The minimum absolute atomic E-state index is 0.130. The molecular weight excluding hydrogens is 392 g/mol. The van der Waals surface area contributed by atoms with Gasteiger partial charge in [0.05, 0.1) is 0 Å². The van der Waals surface area contributed by atoms with Crippen molar-refractivity contribution >= 4 is 29.1 Å².